The van der Waals surface area contributed by atoms with Crippen molar-refractivity contribution < 1.29 is 14.5 Å². The van der Waals surface area contributed by atoms with Crippen LogP contribution in [0.5, 0.6) is 5.75 Å². The van der Waals surface area contributed by atoms with Gasteiger partial charge in [-0.3, -0.25) is 19.9 Å². The Morgan fingerprint density at radius 2 is 1.64 bits per heavy atom. The van der Waals surface area contributed by atoms with Gasteiger partial charge in [0.15, 0.2) is 0 Å². The second kappa shape index (κ2) is 11.6. The number of ether oxygens (including phenoxy) is 1. The molecule has 4 aromatic carbocycles. The Bertz CT molecular complexity index is 1490. The number of rotatable bonds is 8. The van der Waals surface area contributed by atoms with Crippen molar-refractivity contribution in [3.05, 3.63) is 134 Å². The zero-order chi connectivity index (χ0) is 27.4. The molecular weight excluding hydrogens is 558 g/mol. The van der Waals surface area contributed by atoms with E-state index in [2.05, 4.69) is 15.9 Å². The quantitative estimate of drug-likeness (QED) is 0.163. The van der Waals surface area contributed by atoms with Gasteiger partial charge in [-0.25, -0.2) is 0 Å². The van der Waals surface area contributed by atoms with E-state index in [-0.39, 0.29) is 11.6 Å². The van der Waals surface area contributed by atoms with Crippen LogP contribution in [0.15, 0.2) is 113 Å². The van der Waals surface area contributed by atoms with Crippen molar-refractivity contribution in [3.8, 4) is 5.75 Å². The van der Waals surface area contributed by atoms with E-state index in [1.807, 2.05) is 78.9 Å². The molecule has 8 heteroatoms. The van der Waals surface area contributed by atoms with Crippen LogP contribution in [0.1, 0.15) is 29.2 Å². The smallest absolute Gasteiger partial charge is 0.269 e. The first-order chi connectivity index (χ1) is 18.9. The number of nitrogens with zero attached hydrogens (tertiary/aromatic N) is 3. The summed E-state index contributed by atoms with van der Waals surface area (Å²) < 4.78 is 6.22. The van der Waals surface area contributed by atoms with Gasteiger partial charge in [0.05, 0.1) is 30.5 Å². The van der Waals surface area contributed by atoms with Crippen molar-refractivity contribution in [2.45, 2.75) is 19.0 Å². The number of methoxy groups -OCH3 is 1. The van der Waals surface area contributed by atoms with Crippen LogP contribution in [0.3, 0.4) is 0 Å². The topological polar surface area (TPSA) is 85.0 Å². The molecule has 0 fully saturated rings. The maximum atomic E-state index is 14.4. The van der Waals surface area contributed by atoms with E-state index in [4.69, 9.17) is 9.73 Å². The molecule has 4 aromatic rings. The fraction of sp³-hybridized carbons (Fsp3) is 0.161. The van der Waals surface area contributed by atoms with Gasteiger partial charge in [0.25, 0.3) is 5.69 Å². The fourth-order valence-corrected chi connectivity index (χ4v) is 5.07. The molecule has 1 heterocycles. The number of aliphatic imine (C=N–C) groups is 1. The Balaban J connectivity index is 1.52. The lowest BCUT2D eigenvalue weighted by Crippen LogP contribution is -2.37. The average Bonchev–Trinajstić information content (AvgIpc) is 3.43. The molecule has 0 unspecified atom stereocenters. The highest BCUT2D eigenvalue weighted by molar-refractivity contribution is 9.10. The van der Waals surface area contributed by atoms with E-state index >= 15 is 0 Å². The number of anilines is 1. The fourth-order valence-electron chi connectivity index (χ4n) is 4.81. The molecule has 1 amide bonds. The van der Waals surface area contributed by atoms with Crippen LogP contribution in [0.2, 0.25) is 0 Å². The number of non-ortho nitro benzene ring substituents is 1. The van der Waals surface area contributed by atoms with Crippen molar-refractivity contribution in [1.29, 1.82) is 0 Å². The van der Waals surface area contributed by atoms with Gasteiger partial charge < -0.3 is 9.64 Å². The zero-order valence-corrected chi connectivity index (χ0v) is 22.8. The zero-order valence-electron chi connectivity index (χ0n) is 21.2. The largest absolute Gasteiger partial charge is 0.497 e. The van der Waals surface area contributed by atoms with E-state index in [9.17, 15) is 14.9 Å². The predicted molar refractivity (Wildman–Crippen MR) is 155 cm³/mol. The summed E-state index contributed by atoms with van der Waals surface area (Å²) in [7, 11) is 1.62. The van der Waals surface area contributed by atoms with E-state index in [1.165, 1.54) is 12.1 Å². The van der Waals surface area contributed by atoms with Crippen molar-refractivity contribution in [2.24, 2.45) is 10.9 Å². The van der Waals surface area contributed by atoms with Crippen molar-refractivity contribution in [3.63, 3.8) is 0 Å². The molecule has 0 aliphatic carbocycles. The Labute approximate surface area is 235 Å². The normalized spacial score (nSPS) is 16.4. The van der Waals surface area contributed by atoms with Gasteiger partial charge in [-0.2, -0.15) is 0 Å². The number of hydrogen-bond acceptors (Lipinski definition) is 5. The first-order valence-electron chi connectivity index (χ1n) is 12.5. The molecule has 2 atom stereocenters. The summed E-state index contributed by atoms with van der Waals surface area (Å²) in [6.07, 6.45) is 0.458. The van der Waals surface area contributed by atoms with Crippen molar-refractivity contribution in [2.75, 3.05) is 12.0 Å². The lowest BCUT2D eigenvalue weighted by molar-refractivity contribution is -0.384. The minimum absolute atomic E-state index is 0.00267. The summed E-state index contributed by atoms with van der Waals surface area (Å²) >= 11 is 3.49. The number of carbonyl (C=O) groups excluding carboxylic acids is 1. The second-order valence-electron chi connectivity index (χ2n) is 9.29. The molecule has 1 aliphatic heterocycles. The highest BCUT2D eigenvalue weighted by Crippen LogP contribution is 2.39. The molecule has 0 saturated heterocycles. The maximum absolute atomic E-state index is 14.4. The van der Waals surface area contributed by atoms with Crippen molar-refractivity contribution >= 4 is 38.9 Å². The molecule has 196 valence electrons. The number of nitro groups is 1. The van der Waals surface area contributed by atoms with E-state index in [0.29, 0.717) is 13.0 Å². The third-order valence-corrected chi connectivity index (χ3v) is 7.39. The number of nitro benzene ring substituents is 1. The summed E-state index contributed by atoms with van der Waals surface area (Å²) in [5, 5.41) is 11.2. The summed E-state index contributed by atoms with van der Waals surface area (Å²) in [6.45, 7) is 0.370. The summed E-state index contributed by atoms with van der Waals surface area (Å²) in [4.78, 5) is 32.0. The van der Waals surface area contributed by atoms with E-state index in [0.717, 1.165) is 38.3 Å². The summed E-state index contributed by atoms with van der Waals surface area (Å²) in [6, 6.07) is 31.0. The van der Waals surface area contributed by atoms with Crippen LogP contribution in [0, 0.1) is 16.0 Å². The van der Waals surface area contributed by atoms with E-state index in [1.54, 1.807) is 24.1 Å². The first kappa shape index (κ1) is 26.3. The third-order valence-electron chi connectivity index (χ3n) is 6.86. The van der Waals surface area contributed by atoms with Crippen LogP contribution in [0.4, 0.5) is 11.4 Å². The molecule has 0 radical (unpaired) electrons. The molecule has 1 aliphatic rings. The molecule has 0 bridgehead atoms. The first-order valence-corrected chi connectivity index (χ1v) is 13.3. The molecule has 0 N–H and O–H groups in total. The molecule has 39 heavy (non-hydrogen) atoms. The molecular formula is C31H26BrN3O4. The lowest BCUT2D eigenvalue weighted by Gasteiger charge is -2.28. The number of hydrogen-bond donors (Lipinski definition) is 0. The number of amides is 1. The molecule has 0 aromatic heterocycles. The Morgan fingerprint density at radius 3 is 2.26 bits per heavy atom. The highest BCUT2D eigenvalue weighted by Gasteiger charge is 2.39. The van der Waals surface area contributed by atoms with Crippen LogP contribution < -0.4 is 9.64 Å². The highest BCUT2D eigenvalue weighted by atomic mass is 79.9. The lowest BCUT2D eigenvalue weighted by atomic mass is 9.90. The minimum atomic E-state index is -0.483. The van der Waals surface area contributed by atoms with Gasteiger partial charge >= 0.3 is 0 Å². The van der Waals surface area contributed by atoms with Gasteiger partial charge in [0, 0.05) is 34.4 Å². The SMILES string of the molecule is COc1ccc(CN(C(=O)[C@H]2CC(c3ccccc3)=N[C@H]2c2ccc([N+](=O)[O-])cc2)c2ccc(Br)cc2)cc1. The van der Waals surface area contributed by atoms with Crippen LogP contribution in [0.25, 0.3) is 0 Å². The van der Waals surface area contributed by atoms with Gasteiger partial charge in [0.2, 0.25) is 5.91 Å². The van der Waals surface area contributed by atoms with E-state index < -0.39 is 16.9 Å². The number of benzene rings is 4. The molecule has 5 rings (SSSR count). The summed E-state index contributed by atoms with van der Waals surface area (Å²) in [5.41, 5.74) is 4.31. The molecule has 0 spiro atoms. The third kappa shape index (κ3) is 5.91. The number of halogens is 1. The van der Waals surface area contributed by atoms with Crippen LogP contribution >= 0.6 is 15.9 Å². The van der Waals surface area contributed by atoms with Crippen LogP contribution in [-0.4, -0.2) is 23.7 Å². The minimum Gasteiger partial charge on any atom is -0.497 e. The maximum Gasteiger partial charge on any atom is 0.269 e. The predicted octanol–water partition coefficient (Wildman–Crippen LogP) is 7.15. The number of carbonyl (C=O) groups is 1. The standard InChI is InChI=1S/C31H26BrN3O4/c1-39-27-17-7-21(8-18-27)20-34(25-15-11-24(32)12-16-25)31(36)28-19-29(22-5-3-2-4-6-22)33-30(28)23-9-13-26(14-10-23)35(37)38/h2-18,28,30H,19-20H2,1H3/t28-,30-/m0/s1. The molecule has 0 saturated carbocycles. The monoisotopic (exact) mass is 583 g/mol. The van der Waals surface area contributed by atoms with Crippen LogP contribution in [-0.2, 0) is 11.3 Å². The van der Waals surface area contributed by atoms with Gasteiger partial charge in [-0.15, -0.1) is 0 Å². The Hall–Kier alpha value is -4.30. The Kier molecular flexibility index (Phi) is 7.84. The second-order valence-corrected chi connectivity index (χ2v) is 10.2. The van der Waals surface area contributed by atoms with Gasteiger partial charge in [-0.05, 0) is 53.1 Å². The Morgan fingerprint density at radius 1 is 0.974 bits per heavy atom. The van der Waals surface area contributed by atoms with Crippen molar-refractivity contribution in [1.82, 2.24) is 0 Å². The summed E-state index contributed by atoms with van der Waals surface area (Å²) in [5.74, 6) is 0.199. The molecule has 7 nitrogen and oxygen atoms in total. The average molecular weight is 584 g/mol. The van der Waals surface area contributed by atoms with Gasteiger partial charge in [0.1, 0.15) is 5.75 Å². The van der Waals surface area contributed by atoms with Gasteiger partial charge in [-0.1, -0.05) is 70.5 Å².